The molecule has 4 aromatic rings. The van der Waals surface area contributed by atoms with Crippen LogP contribution < -0.4 is 10.1 Å². The van der Waals surface area contributed by atoms with Gasteiger partial charge in [-0.3, -0.25) is 4.79 Å². The number of carbonyl (C=O) groups is 1. The molecule has 1 amide bonds. The molecule has 1 heterocycles. The van der Waals surface area contributed by atoms with Crippen LogP contribution in [0.1, 0.15) is 22.3 Å². The fourth-order valence-electron chi connectivity index (χ4n) is 2.86. The highest BCUT2D eigenvalue weighted by molar-refractivity contribution is 6.01. The zero-order valence-electron chi connectivity index (χ0n) is 16.1. The molecule has 0 bridgehead atoms. The molecule has 1 aromatic heterocycles. The monoisotopic (exact) mass is 400 g/mol. The quantitative estimate of drug-likeness (QED) is 0.488. The molecule has 0 aliphatic carbocycles. The maximum absolute atomic E-state index is 12.4. The molecule has 150 valence electrons. The van der Waals surface area contributed by atoms with E-state index in [1.807, 2.05) is 60.7 Å². The van der Waals surface area contributed by atoms with Gasteiger partial charge in [0.05, 0.1) is 12.6 Å². The van der Waals surface area contributed by atoms with Gasteiger partial charge >= 0.3 is 0 Å². The van der Waals surface area contributed by atoms with Gasteiger partial charge in [0.2, 0.25) is 5.82 Å². The summed E-state index contributed by atoms with van der Waals surface area (Å²) in [6.45, 7) is 0.204. The lowest BCUT2D eigenvalue weighted by Gasteiger charge is -2.10. The normalized spacial score (nSPS) is 11.6. The van der Waals surface area contributed by atoms with Crippen molar-refractivity contribution < 1.29 is 14.6 Å². The number of aliphatic hydroxyl groups excluding tert-OH is 1. The lowest BCUT2D eigenvalue weighted by molar-refractivity contribution is 0.101. The Balaban J connectivity index is 1.35. The van der Waals surface area contributed by atoms with Crippen molar-refractivity contribution in [3.63, 3.8) is 0 Å². The predicted octanol–water partition coefficient (Wildman–Crippen LogP) is 4.06. The molecular formula is C23H20N4O3. The highest BCUT2D eigenvalue weighted by Gasteiger charge is 2.14. The number of hydrogen-bond donors (Lipinski definition) is 2. The third kappa shape index (κ3) is 4.89. The van der Waals surface area contributed by atoms with Crippen molar-refractivity contribution in [1.29, 1.82) is 0 Å². The minimum atomic E-state index is -0.735. The number of nitrogens with zero attached hydrogens (tertiary/aromatic N) is 3. The average molecular weight is 400 g/mol. The predicted molar refractivity (Wildman–Crippen MR) is 112 cm³/mol. The van der Waals surface area contributed by atoms with E-state index in [4.69, 9.17) is 4.74 Å². The second-order valence-corrected chi connectivity index (χ2v) is 6.61. The molecule has 0 spiro atoms. The van der Waals surface area contributed by atoms with Gasteiger partial charge in [0.1, 0.15) is 17.8 Å². The van der Waals surface area contributed by atoms with E-state index in [1.165, 1.54) is 11.0 Å². The zero-order valence-corrected chi connectivity index (χ0v) is 16.1. The molecular weight excluding hydrogens is 380 g/mol. The van der Waals surface area contributed by atoms with Gasteiger partial charge in [-0.15, -0.1) is 5.10 Å². The van der Waals surface area contributed by atoms with Gasteiger partial charge < -0.3 is 15.2 Å². The Morgan fingerprint density at radius 2 is 1.57 bits per heavy atom. The maximum atomic E-state index is 12.4. The first-order chi connectivity index (χ1) is 14.7. The molecule has 0 aliphatic rings. The molecule has 0 saturated carbocycles. The van der Waals surface area contributed by atoms with Crippen LogP contribution in [0.3, 0.4) is 0 Å². The summed E-state index contributed by atoms with van der Waals surface area (Å²) in [6, 6.07) is 25.7. The van der Waals surface area contributed by atoms with Crippen LogP contribution in [0.2, 0.25) is 0 Å². The number of aliphatic hydroxyl groups is 1. The number of para-hydroxylation sites is 1. The number of hydrogen-bond acceptors (Lipinski definition) is 5. The van der Waals surface area contributed by atoms with Gasteiger partial charge in [-0.1, -0.05) is 48.5 Å². The molecule has 7 nitrogen and oxygen atoms in total. The van der Waals surface area contributed by atoms with E-state index in [9.17, 15) is 9.90 Å². The van der Waals surface area contributed by atoms with Crippen LogP contribution in [0.5, 0.6) is 11.5 Å². The van der Waals surface area contributed by atoms with E-state index in [0.717, 1.165) is 11.3 Å². The van der Waals surface area contributed by atoms with Gasteiger partial charge in [0.25, 0.3) is 5.91 Å². The largest absolute Gasteiger partial charge is 0.457 e. The van der Waals surface area contributed by atoms with Crippen LogP contribution >= 0.6 is 0 Å². The van der Waals surface area contributed by atoms with E-state index in [1.54, 1.807) is 24.3 Å². The number of aromatic nitrogens is 3. The summed E-state index contributed by atoms with van der Waals surface area (Å²) in [5.41, 5.74) is 1.37. The Bertz CT molecular complexity index is 1100. The highest BCUT2D eigenvalue weighted by Crippen LogP contribution is 2.22. The van der Waals surface area contributed by atoms with Gasteiger partial charge in [0, 0.05) is 5.69 Å². The summed E-state index contributed by atoms with van der Waals surface area (Å²) in [5, 5.41) is 17.2. The zero-order chi connectivity index (χ0) is 20.8. The maximum Gasteiger partial charge on any atom is 0.295 e. The molecule has 3 aromatic carbocycles. The number of carbonyl (C=O) groups excluding carboxylic acids is 1. The number of nitrogens with one attached hydrogen (secondary N) is 1. The Morgan fingerprint density at radius 1 is 0.933 bits per heavy atom. The fraction of sp³-hybridized carbons (Fsp3) is 0.0870. The fourth-order valence-corrected chi connectivity index (χ4v) is 2.86. The van der Waals surface area contributed by atoms with E-state index in [2.05, 4.69) is 15.4 Å². The molecule has 4 rings (SSSR count). The summed E-state index contributed by atoms with van der Waals surface area (Å²) < 4.78 is 7.18. The van der Waals surface area contributed by atoms with Crippen LogP contribution in [-0.2, 0) is 6.54 Å². The second-order valence-electron chi connectivity index (χ2n) is 6.61. The van der Waals surface area contributed by atoms with Crippen LogP contribution in [0.4, 0.5) is 5.69 Å². The van der Waals surface area contributed by atoms with Crippen molar-refractivity contribution in [3.05, 3.63) is 103 Å². The van der Waals surface area contributed by atoms with Crippen molar-refractivity contribution in [2.75, 3.05) is 5.32 Å². The SMILES string of the molecule is O=C(Nc1ccc(Oc2ccccc2)cc1)c1ncn(C[C@H](O)c2ccccc2)n1. The molecule has 1 atom stereocenters. The van der Waals surface area contributed by atoms with E-state index in [-0.39, 0.29) is 12.4 Å². The summed E-state index contributed by atoms with van der Waals surface area (Å²) in [4.78, 5) is 16.5. The van der Waals surface area contributed by atoms with E-state index in [0.29, 0.717) is 11.4 Å². The van der Waals surface area contributed by atoms with Crippen molar-refractivity contribution >= 4 is 11.6 Å². The number of ether oxygens (including phenoxy) is 1. The van der Waals surface area contributed by atoms with Gasteiger partial charge in [-0.05, 0) is 42.0 Å². The lowest BCUT2D eigenvalue weighted by Crippen LogP contribution is -2.15. The van der Waals surface area contributed by atoms with Crippen LogP contribution in [0, 0.1) is 0 Å². The molecule has 7 heteroatoms. The number of amides is 1. The summed E-state index contributed by atoms with van der Waals surface area (Å²) in [7, 11) is 0. The first-order valence-electron chi connectivity index (χ1n) is 9.44. The lowest BCUT2D eigenvalue weighted by atomic mass is 10.1. The Kier molecular flexibility index (Phi) is 5.82. The molecule has 30 heavy (non-hydrogen) atoms. The van der Waals surface area contributed by atoms with Crippen LogP contribution in [-0.4, -0.2) is 25.8 Å². The Labute approximate surface area is 173 Å². The second kappa shape index (κ2) is 9.02. The molecule has 0 saturated heterocycles. The molecule has 0 fully saturated rings. The number of benzene rings is 3. The van der Waals surface area contributed by atoms with Gasteiger partial charge in [-0.2, -0.15) is 0 Å². The van der Waals surface area contributed by atoms with Crippen LogP contribution in [0.15, 0.2) is 91.3 Å². The van der Waals surface area contributed by atoms with Gasteiger partial charge in [-0.25, -0.2) is 9.67 Å². The minimum Gasteiger partial charge on any atom is -0.457 e. The molecule has 0 radical (unpaired) electrons. The Morgan fingerprint density at radius 3 is 2.27 bits per heavy atom. The van der Waals surface area contributed by atoms with Crippen molar-refractivity contribution in [2.24, 2.45) is 0 Å². The number of rotatable bonds is 7. The highest BCUT2D eigenvalue weighted by atomic mass is 16.5. The summed E-state index contributed by atoms with van der Waals surface area (Å²) in [6.07, 6.45) is 0.693. The summed E-state index contributed by atoms with van der Waals surface area (Å²) in [5.74, 6) is 0.998. The van der Waals surface area contributed by atoms with E-state index >= 15 is 0 Å². The smallest absolute Gasteiger partial charge is 0.295 e. The molecule has 0 aliphatic heterocycles. The minimum absolute atomic E-state index is 0.0277. The van der Waals surface area contributed by atoms with Crippen molar-refractivity contribution in [3.8, 4) is 11.5 Å². The Hall–Kier alpha value is -3.97. The average Bonchev–Trinajstić information content (AvgIpc) is 3.25. The van der Waals surface area contributed by atoms with Crippen LogP contribution in [0.25, 0.3) is 0 Å². The summed E-state index contributed by atoms with van der Waals surface area (Å²) >= 11 is 0. The van der Waals surface area contributed by atoms with Gasteiger partial charge in [0.15, 0.2) is 0 Å². The molecule has 2 N–H and O–H groups in total. The topological polar surface area (TPSA) is 89.3 Å². The number of anilines is 1. The van der Waals surface area contributed by atoms with Crippen molar-refractivity contribution in [1.82, 2.24) is 14.8 Å². The third-order valence-corrected chi connectivity index (χ3v) is 4.38. The third-order valence-electron chi connectivity index (χ3n) is 4.38. The first kappa shape index (κ1) is 19.4. The van der Waals surface area contributed by atoms with E-state index < -0.39 is 12.0 Å². The van der Waals surface area contributed by atoms with Crippen molar-refractivity contribution in [2.45, 2.75) is 12.6 Å². The standard InChI is InChI=1S/C23H20N4O3/c28-21(17-7-3-1-4-8-17)15-27-16-24-22(26-27)23(29)25-18-11-13-20(14-12-18)30-19-9-5-2-6-10-19/h1-14,16,21,28H,15H2,(H,25,29)/t21-/m0/s1. The first-order valence-corrected chi connectivity index (χ1v) is 9.44. The molecule has 0 unspecified atom stereocenters.